The van der Waals surface area contributed by atoms with Crippen molar-refractivity contribution in [3.8, 4) is 0 Å². The SMILES string of the molecule is CC1=NCCC(C)C(=O)C1. The summed E-state index contributed by atoms with van der Waals surface area (Å²) in [6.07, 6.45) is 1.50. The highest BCUT2D eigenvalue weighted by Gasteiger charge is 2.15. The molecule has 1 heterocycles. The monoisotopic (exact) mass is 139 g/mol. The highest BCUT2D eigenvalue weighted by atomic mass is 16.1. The van der Waals surface area contributed by atoms with Gasteiger partial charge in [-0.1, -0.05) is 6.92 Å². The third-order valence-electron chi connectivity index (χ3n) is 1.92. The first-order valence-electron chi connectivity index (χ1n) is 3.73. The van der Waals surface area contributed by atoms with Crippen LogP contribution in [0.25, 0.3) is 0 Å². The van der Waals surface area contributed by atoms with Crippen molar-refractivity contribution in [1.82, 2.24) is 0 Å². The third kappa shape index (κ3) is 1.66. The molecular formula is C8H13NO. The second-order valence-corrected chi connectivity index (χ2v) is 2.95. The van der Waals surface area contributed by atoms with Crippen LogP contribution in [0.2, 0.25) is 0 Å². The lowest BCUT2D eigenvalue weighted by Crippen LogP contribution is -2.11. The molecule has 0 amide bonds. The Morgan fingerprint density at radius 1 is 1.60 bits per heavy atom. The van der Waals surface area contributed by atoms with Crippen molar-refractivity contribution in [1.29, 1.82) is 0 Å². The summed E-state index contributed by atoms with van der Waals surface area (Å²) in [5.41, 5.74) is 0.995. The zero-order valence-corrected chi connectivity index (χ0v) is 6.55. The van der Waals surface area contributed by atoms with Gasteiger partial charge in [-0.15, -0.1) is 0 Å². The van der Waals surface area contributed by atoms with E-state index in [4.69, 9.17) is 0 Å². The fourth-order valence-electron chi connectivity index (χ4n) is 1.09. The molecule has 2 heteroatoms. The summed E-state index contributed by atoms with van der Waals surface area (Å²) < 4.78 is 0. The first-order chi connectivity index (χ1) is 4.70. The van der Waals surface area contributed by atoms with Gasteiger partial charge >= 0.3 is 0 Å². The number of Topliss-reactive ketones (excluding diaryl/α,β-unsaturated/α-hetero) is 1. The molecule has 2 nitrogen and oxygen atoms in total. The molecule has 0 aromatic carbocycles. The molecule has 0 spiro atoms. The lowest BCUT2D eigenvalue weighted by molar-refractivity contribution is -0.121. The van der Waals surface area contributed by atoms with E-state index in [-0.39, 0.29) is 5.92 Å². The van der Waals surface area contributed by atoms with E-state index < -0.39 is 0 Å². The molecule has 1 unspecified atom stereocenters. The van der Waals surface area contributed by atoms with E-state index in [1.807, 2.05) is 13.8 Å². The number of ketones is 1. The van der Waals surface area contributed by atoms with Crippen molar-refractivity contribution in [3.05, 3.63) is 0 Å². The van der Waals surface area contributed by atoms with Crippen LogP contribution in [0, 0.1) is 5.92 Å². The number of carbonyl (C=O) groups excluding carboxylic acids is 1. The molecule has 0 aromatic heterocycles. The average molecular weight is 139 g/mol. The van der Waals surface area contributed by atoms with E-state index in [9.17, 15) is 4.79 Å². The van der Waals surface area contributed by atoms with Crippen LogP contribution in [0.1, 0.15) is 26.7 Å². The summed E-state index contributed by atoms with van der Waals surface area (Å²) in [5, 5.41) is 0. The summed E-state index contributed by atoms with van der Waals surface area (Å²) >= 11 is 0. The van der Waals surface area contributed by atoms with Crippen LogP contribution in [-0.2, 0) is 4.79 Å². The molecule has 0 N–H and O–H groups in total. The maximum absolute atomic E-state index is 11.1. The van der Waals surface area contributed by atoms with E-state index in [1.54, 1.807) is 0 Å². The quantitative estimate of drug-likeness (QED) is 0.499. The fourth-order valence-corrected chi connectivity index (χ4v) is 1.09. The minimum Gasteiger partial charge on any atom is -0.299 e. The Balaban J connectivity index is 2.62. The first kappa shape index (κ1) is 7.45. The Morgan fingerprint density at radius 2 is 2.30 bits per heavy atom. The first-order valence-corrected chi connectivity index (χ1v) is 3.73. The third-order valence-corrected chi connectivity index (χ3v) is 1.92. The fraction of sp³-hybridized carbons (Fsp3) is 0.750. The van der Waals surface area contributed by atoms with Gasteiger partial charge < -0.3 is 0 Å². The van der Waals surface area contributed by atoms with E-state index in [1.165, 1.54) is 0 Å². The molecule has 0 aromatic rings. The normalized spacial score (nSPS) is 27.6. The number of aliphatic imine (C=N–C) groups is 1. The predicted octanol–water partition coefficient (Wildman–Crippen LogP) is 1.45. The van der Waals surface area contributed by atoms with Crippen molar-refractivity contribution < 1.29 is 4.79 Å². The second kappa shape index (κ2) is 2.95. The molecular weight excluding hydrogens is 126 g/mol. The topological polar surface area (TPSA) is 29.4 Å². The maximum Gasteiger partial charge on any atom is 0.141 e. The van der Waals surface area contributed by atoms with Crippen LogP contribution in [0.3, 0.4) is 0 Å². The van der Waals surface area contributed by atoms with Crippen molar-refractivity contribution in [2.24, 2.45) is 10.9 Å². The van der Waals surface area contributed by atoms with Gasteiger partial charge in [0, 0.05) is 24.6 Å². The zero-order valence-electron chi connectivity index (χ0n) is 6.55. The standard InChI is InChI=1S/C8H13NO/c1-6-3-4-9-7(2)5-8(6)10/h6H,3-5H2,1-2H3. The summed E-state index contributed by atoms with van der Waals surface area (Å²) in [6.45, 7) is 4.74. The molecule has 10 heavy (non-hydrogen) atoms. The molecule has 0 saturated heterocycles. The van der Waals surface area contributed by atoms with E-state index in [0.29, 0.717) is 12.2 Å². The Morgan fingerprint density at radius 3 is 3.00 bits per heavy atom. The molecule has 0 radical (unpaired) electrons. The molecule has 1 atom stereocenters. The lowest BCUT2D eigenvalue weighted by Gasteiger charge is -2.02. The van der Waals surface area contributed by atoms with Gasteiger partial charge in [0.2, 0.25) is 0 Å². The maximum atomic E-state index is 11.1. The predicted molar refractivity (Wildman–Crippen MR) is 41.4 cm³/mol. The minimum atomic E-state index is 0.223. The van der Waals surface area contributed by atoms with Crippen LogP contribution in [0.5, 0.6) is 0 Å². The molecule has 56 valence electrons. The van der Waals surface area contributed by atoms with Crippen LogP contribution < -0.4 is 0 Å². The second-order valence-electron chi connectivity index (χ2n) is 2.95. The Hall–Kier alpha value is -0.660. The van der Waals surface area contributed by atoms with Crippen LogP contribution >= 0.6 is 0 Å². The van der Waals surface area contributed by atoms with Crippen LogP contribution in [0.15, 0.2) is 4.99 Å². The Bertz CT molecular complexity index is 172. The van der Waals surface area contributed by atoms with Gasteiger partial charge in [-0.05, 0) is 13.3 Å². The number of nitrogens with zero attached hydrogens (tertiary/aromatic N) is 1. The van der Waals surface area contributed by atoms with Gasteiger partial charge in [0.1, 0.15) is 5.78 Å². The number of hydrogen-bond donors (Lipinski definition) is 0. The van der Waals surface area contributed by atoms with E-state index >= 15 is 0 Å². The van der Waals surface area contributed by atoms with Crippen molar-refractivity contribution in [3.63, 3.8) is 0 Å². The van der Waals surface area contributed by atoms with Crippen molar-refractivity contribution in [2.45, 2.75) is 26.7 Å². The highest BCUT2D eigenvalue weighted by molar-refractivity contribution is 6.02. The molecule has 0 fully saturated rings. The molecule has 1 rings (SSSR count). The van der Waals surface area contributed by atoms with Gasteiger partial charge in [-0.3, -0.25) is 9.79 Å². The molecule has 0 saturated carbocycles. The number of carbonyl (C=O) groups is 1. The van der Waals surface area contributed by atoms with Crippen molar-refractivity contribution >= 4 is 11.5 Å². The van der Waals surface area contributed by atoms with Gasteiger partial charge in [-0.25, -0.2) is 0 Å². The largest absolute Gasteiger partial charge is 0.299 e. The van der Waals surface area contributed by atoms with Crippen molar-refractivity contribution in [2.75, 3.05) is 6.54 Å². The van der Waals surface area contributed by atoms with E-state index in [0.717, 1.165) is 18.7 Å². The molecule has 0 aliphatic carbocycles. The lowest BCUT2D eigenvalue weighted by atomic mass is 10.0. The molecule has 1 aliphatic heterocycles. The van der Waals surface area contributed by atoms with Gasteiger partial charge in [-0.2, -0.15) is 0 Å². The van der Waals surface area contributed by atoms with Gasteiger partial charge in [0.15, 0.2) is 0 Å². The van der Waals surface area contributed by atoms with Crippen LogP contribution in [-0.4, -0.2) is 18.0 Å². The summed E-state index contributed by atoms with van der Waals surface area (Å²) in [5.74, 6) is 0.569. The summed E-state index contributed by atoms with van der Waals surface area (Å²) in [4.78, 5) is 15.4. The summed E-state index contributed by atoms with van der Waals surface area (Å²) in [7, 11) is 0. The molecule has 1 aliphatic rings. The summed E-state index contributed by atoms with van der Waals surface area (Å²) in [6, 6.07) is 0. The molecule has 0 bridgehead atoms. The minimum absolute atomic E-state index is 0.223. The Labute approximate surface area is 61.3 Å². The van der Waals surface area contributed by atoms with Crippen LogP contribution in [0.4, 0.5) is 0 Å². The zero-order chi connectivity index (χ0) is 7.56. The Kier molecular flexibility index (Phi) is 2.20. The smallest absolute Gasteiger partial charge is 0.141 e. The van der Waals surface area contributed by atoms with Gasteiger partial charge in [0.25, 0.3) is 0 Å². The number of rotatable bonds is 0. The number of hydrogen-bond acceptors (Lipinski definition) is 2. The van der Waals surface area contributed by atoms with Gasteiger partial charge in [0.05, 0.1) is 0 Å². The van der Waals surface area contributed by atoms with E-state index in [2.05, 4.69) is 4.99 Å². The average Bonchev–Trinajstić information content (AvgIpc) is 1.96. The highest BCUT2D eigenvalue weighted by Crippen LogP contribution is 2.10.